The minimum absolute atomic E-state index is 0.564. The van der Waals surface area contributed by atoms with Crippen molar-refractivity contribution in [1.29, 1.82) is 0 Å². The predicted molar refractivity (Wildman–Crippen MR) is 68.5 cm³/mol. The molecule has 2 aromatic rings. The van der Waals surface area contributed by atoms with E-state index < -0.39 is 0 Å². The molecule has 16 heavy (non-hydrogen) atoms. The number of halogens is 1. The summed E-state index contributed by atoms with van der Waals surface area (Å²) in [6, 6.07) is 9.67. The van der Waals surface area contributed by atoms with Gasteiger partial charge in [-0.2, -0.15) is 0 Å². The second kappa shape index (κ2) is 4.54. The van der Waals surface area contributed by atoms with Crippen LogP contribution in [0.25, 0.3) is 11.1 Å². The normalized spacial score (nSPS) is 10.4. The van der Waals surface area contributed by atoms with E-state index in [1.54, 1.807) is 0 Å². The van der Waals surface area contributed by atoms with Crippen LogP contribution in [0.4, 0.5) is 5.82 Å². The Morgan fingerprint density at radius 3 is 2.56 bits per heavy atom. The zero-order valence-electron chi connectivity index (χ0n) is 9.07. The first-order valence-electron chi connectivity index (χ1n) is 5.21. The lowest BCUT2D eigenvalue weighted by atomic mass is 10.0. The molecule has 0 aliphatic rings. The summed E-state index contributed by atoms with van der Waals surface area (Å²) in [6.45, 7) is 2.11. The lowest BCUT2D eigenvalue weighted by Gasteiger charge is -2.08. The van der Waals surface area contributed by atoms with Gasteiger partial charge < -0.3 is 5.73 Å². The molecule has 0 fully saturated rings. The van der Waals surface area contributed by atoms with Gasteiger partial charge in [-0.3, -0.25) is 0 Å². The fraction of sp³-hybridized carbons (Fsp3) is 0.154. The highest BCUT2D eigenvalue weighted by Crippen LogP contribution is 2.25. The zero-order valence-corrected chi connectivity index (χ0v) is 9.83. The summed E-state index contributed by atoms with van der Waals surface area (Å²) >= 11 is 5.86. The average Bonchev–Trinajstić information content (AvgIpc) is 2.30. The van der Waals surface area contributed by atoms with Gasteiger partial charge in [-0.1, -0.05) is 30.7 Å². The highest BCUT2D eigenvalue weighted by Gasteiger charge is 2.04. The van der Waals surface area contributed by atoms with Crippen molar-refractivity contribution in [1.82, 2.24) is 4.98 Å². The van der Waals surface area contributed by atoms with Gasteiger partial charge >= 0.3 is 0 Å². The maximum absolute atomic E-state index is 5.86. The number of nitrogen functional groups attached to an aromatic ring is 1. The zero-order chi connectivity index (χ0) is 11.5. The van der Waals surface area contributed by atoms with Crippen molar-refractivity contribution in [3.8, 4) is 11.1 Å². The molecule has 0 atom stereocenters. The summed E-state index contributed by atoms with van der Waals surface area (Å²) in [7, 11) is 0. The van der Waals surface area contributed by atoms with Crippen LogP contribution in [0.3, 0.4) is 0 Å². The molecule has 2 rings (SSSR count). The van der Waals surface area contributed by atoms with Crippen LogP contribution in [0.15, 0.2) is 36.5 Å². The number of hydrogen-bond donors (Lipinski definition) is 1. The van der Waals surface area contributed by atoms with Crippen molar-refractivity contribution in [3.05, 3.63) is 47.1 Å². The lowest BCUT2D eigenvalue weighted by Crippen LogP contribution is -1.95. The first kappa shape index (κ1) is 11.0. The van der Waals surface area contributed by atoms with Gasteiger partial charge in [-0.15, -0.1) is 0 Å². The standard InChI is InChI=1S/C13H13ClN2/c1-2-9-7-13(15)16-8-12(9)10-3-5-11(14)6-4-10/h3-8H,2H2,1H3,(H2,15,16). The van der Waals surface area contributed by atoms with E-state index in [-0.39, 0.29) is 0 Å². The smallest absolute Gasteiger partial charge is 0.123 e. The molecule has 0 bridgehead atoms. The Balaban J connectivity index is 2.51. The first-order valence-corrected chi connectivity index (χ1v) is 5.59. The number of benzene rings is 1. The van der Waals surface area contributed by atoms with Crippen LogP contribution in [-0.4, -0.2) is 4.98 Å². The Bertz CT molecular complexity index is 492. The maximum atomic E-state index is 5.86. The van der Waals surface area contributed by atoms with E-state index in [9.17, 15) is 0 Å². The molecule has 3 heteroatoms. The highest BCUT2D eigenvalue weighted by molar-refractivity contribution is 6.30. The molecule has 1 heterocycles. The third-order valence-corrected chi connectivity index (χ3v) is 2.80. The van der Waals surface area contributed by atoms with Crippen LogP contribution in [0, 0.1) is 0 Å². The van der Waals surface area contributed by atoms with Gasteiger partial charge in [0.05, 0.1) is 0 Å². The van der Waals surface area contributed by atoms with Crippen LogP contribution in [0.1, 0.15) is 12.5 Å². The third-order valence-electron chi connectivity index (χ3n) is 2.55. The van der Waals surface area contributed by atoms with Crippen molar-refractivity contribution in [2.75, 3.05) is 5.73 Å². The Morgan fingerprint density at radius 1 is 1.25 bits per heavy atom. The molecule has 2 nitrogen and oxygen atoms in total. The van der Waals surface area contributed by atoms with Crippen molar-refractivity contribution in [2.24, 2.45) is 0 Å². The van der Waals surface area contributed by atoms with Crippen LogP contribution >= 0.6 is 11.6 Å². The molecular formula is C13H13ClN2. The fourth-order valence-corrected chi connectivity index (χ4v) is 1.82. The van der Waals surface area contributed by atoms with Crippen molar-refractivity contribution >= 4 is 17.4 Å². The summed E-state index contributed by atoms with van der Waals surface area (Å²) in [6.07, 6.45) is 2.75. The number of nitrogens with two attached hydrogens (primary N) is 1. The number of rotatable bonds is 2. The molecule has 0 aliphatic carbocycles. The second-order valence-electron chi connectivity index (χ2n) is 3.63. The summed E-state index contributed by atoms with van der Waals surface area (Å²) in [5, 5.41) is 0.741. The van der Waals surface area contributed by atoms with Crippen LogP contribution in [0.2, 0.25) is 5.02 Å². The minimum atomic E-state index is 0.564. The molecule has 1 aromatic heterocycles. The van der Waals surface area contributed by atoms with Gasteiger partial charge in [0.15, 0.2) is 0 Å². The highest BCUT2D eigenvalue weighted by atomic mass is 35.5. The fourth-order valence-electron chi connectivity index (χ4n) is 1.70. The van der Waals surface area contributed by atoms with Gasteiger partial charge in [-0.25, -0.2) is 4.98 Å². The van der Waals surface area contributed by atoms with E-state index in [0.29, 0.717) is 5.82 Å². The summed E-state index contributed by atoms with van der Waals surface area (Å²) < 4.78 is 0. The SMILES string of the molecule is CCc1cc(N)ncc1-c1ccc(Cl)cc1. The molecule has 0 saturated heterocycles. The van der Waals surface area contributed by atoms with Crippen molar-refractivity contribution < 1.29 is 0 Å². The molecule has 0 aliphatic heterocycles. The topological polar surface area (TPSA) is 38.9 Å². The lowest BCUT2D eigenvalue weighted by molar-refractivity contribution is 1.12. The third kappa shape index (κ3) is 2.17. The Hall–Kier alpha value is -1.54. The number of nitrogens with zero attached hydrogens (tertiary/aromatic N) is 1. The monoisotopic (exact) mass is 232 g/mol. The van der Waals surface area contributed by atoms with E-state index in [2.05, 4.69) is 11.9 Å². The van der Waals surface area contributed by atoms with Crippen LogP contribution < -0.4 is 5.73 Å². The molecule has 0 radical (unpaired) electrons. The molecule has 82 valence electrons. The summed E-state index contributed by atoms with van der Waals surface area (Å²) in [4.78, 5) is 4.13. The van der Waals surface area contributed by atoms with Gasteiger partial charge in [0.1, 0.15) is 5.82 Å². The molecule has 0 amide bonds. The van der Waals surface area contributed by atoms with Gasteiger partial charge in [0.25, 0.3) is 0 Å². The van der Waals surface area contributed by atoms with Gasteiger partial charge in [0, 0.05) is 16.8 Å². The summed E-state index contributed by atoms with van der Waals surface area (Å²) in [5.41, 5.74) is 9.11. The number of anilines is 1. The molecule has 0 saturated carbocycles. The van der Waals surface area contributed by atoms with Crippen molar-refractivity contribution in [3.63, 3.8) is 0 Å². The van der Waals surface area contributed by atoms with E-state index in [1.807, 2.05) is 36.5 Å². The first-order chi connectivity index (χ1) is 7.70. The second-order valence-corrected chi connectivity index (χ2v) is 4.06. The quantitative estimate of drug-likeness (QED) is 0.860. The molecule has 0 unspecified atom stereocenters. The molecular weight excluding hydrogens is 220 g/mol. The Kier molecular flexibility index (Phi) is 3.11. The number of hydrogen-bond acceptors (Lipinski definition) is 2. The molecule has 0 spiro atoms. The van der Waals surface area contributed by atoms with E-state index in [4.69, 9.17) is 17.3 Å². The number of aromatic nitrogens is 1. The van der Waals surface area contributed by atoms with E-state index >= 15 is 0 Å². The van der Waals surface area contributed by atoms with E-state index in [1.165, 1.54) is 5.56 Å². The van der Waals surface area contributed by atoms with Crippen LogP contribution in [0.5, 0.6) is 0 Å². The van der Waals surface area contributed by atoms with Crippen LogP contribution in [-0.2, 0) is 6.42 Å². The molecule has 1 aromatic carbocycles. The average molecular weight is 233 g/mol. The Labute approximate surface area is 100 Å². The largest absolute Gasteiger partial charge is 0.384 e. The van der Waals surface area contributed by atoms with Crippen molar-refractivity contribution in [2.45, 2.75) is 13.3 Å². The minimum Gasteiger partial charge on any atom is -0.384 e. The predicted octanol–water partition coefficient (Wildman–Crippen LogP) is 3.55. The van der Waals surface area contributed by atoms with Gasteiger partial charge in [-0.05, 0) is 35.7 Å². The van der Waals surface area contributed by atoms with Gasteiger partial charge in [0.2, 0.25) is 0 Å². The number of aryl methyl sites for hydroxylation is 1. The Morgan fingerprint density at radius 2 is 1.94 bits per heavy atom. The summed E-state index contributed by atoms with van der Waals surface area (Å²) in [5.74, 6) is 0.564. The van der Waals surface area contributed by atoms with E-state index in [0.717, 1.165) is 22.6 Å². The molecule has 2 N–H and O–H groups in total. The number of pyridine rings is 1. The maximum Gasteiger partial charge on any atom is 0.123 e.